The molecule has 0 bridgehead atoms. The number of carbonyl (C=O) groups is 1. The first-order valence-corrected chi connectivity index (χ1v) is 9.34. The molecule has 2 aromatic heterocycles. The molecule has 1 aliphatic carbocycles. The van der Waals surface area contributed by atoms with Crippen molar-refractivity contribution in [3.63, 3.8) is 0 Å². The monoisotopic (exact) mass is 340 g/mol. The first-order valence-electron chi connectivity index (χ1n) is 9.34. The summed E-state index contributed by atoms with van der Waals surface area (Å²) in [4.78, 5) is 23.3. The molecule has 2 fully saturated rings. The van der Waals surface area contributed by atoms with Crippen LogP contribution in [0.5, 0.6) is 0 Å². The van der Waals surface area contributed by atoms with Crippen LogP contribution >= 0.6 is 0 Å². The van der Waals surface area contributed by atoms with Gasteiger partial charge in [-0.3, -0.25) is 9.78 Å². The summed E-state index contributed by atoms with van der Waals surface area (Å²) in [5.41, 5.74) is 0.839. The van der Waals surface area contributed by atoms with Gasteiger partial charge >= 0.3 is 0 Å². The van der Waals surface area contributed by atoms with Gasteiger partial charge in [0.2, 0.25) is 5.91 Å². The Kier molecular flexibility index (Phi) is 4.76. The number of hydrogen-bond acceptors (Lipinski definition) is 5. The maximum atomic E-state index is 12.7. The summed E-state index contributed by atoms with van der Waals surface area (Å²) in [6, 6.07) is 3.77. The van der Waals surface area contributed by atoms with Gasteiger partial charge in [-0.2, -0.15) is 4.98 Å². The Balaban J connectivity index is 1.36. The number of carbonyl (C=O) groups excluding carboxylic acids is 1. The number of rotatable bonds is 3. The van der Waals surface area contributed by atoms with Gasteiger partial charge < -0.3 is 9.42 Å². The first-order chi connectivity index (χ1) is 12.3. The van der Waals surface area contributed by atoms with Crippen LogP contribution in [0.15, 0.2) is 29.0 Å². The zero-order valence-electron chi connectivity index (χ0n) is 14.4. The van der Waals surface area contributed by atoms with E-state index in [9.17, 15) is 4.79 Å². The van der Waals surface area contributed by atoms with Crippen molar-refractivity contribution in [1.29, 1.82) is 0 Å². The van der Waals surface area contributed by atoms with Crippen LogP contribution in [0.2, 0.25) is 0 Å². The van der Waals surface area contributed by atoms with Gasteiger partial charge in [0.1, 0.15) is 0 Å². The van der Waals surface area contributed by atoms with Crippen molar-refractivity contribution in [1.82, 2.24) is 20.0 Å². The molecule has 1 saturated carbocycles. The van der Waals surface area contributed by atoms with Gasteiger partial charge in [0.25, 0.3) is 5.89 Å². The number of nitrogens with zero attached hydrogens (tertiary/aromatic N) is 4. The van der Waals surface area contributed by atoms with Crippen molar-refractivity contribution in [2.75, 3.05) is 13.1 Å². The summed E-state index contributed by atoms with van der Waals surface area (Å²) in [5, 5.41) is 4.16. The smallest absolute Gasteiger partial charge is 0.259 e. The molecule has 4 rings (SSSR count). The summed E-state index contributed by atoms with van der Waals surface area (Å²) in [6.45, 7) is 1.60. The minimum Gasteiger partial charge on any atom is -0.342 e. The third-order valence-corrected chi connectivity index (χ3v) is 5.48. The third-order valence-electron chi connectivity index (χ3n) is 5.48. The first kappa shape index (κ1) is 16.2. The second-order valence-electron chi connectivity index (χ2n) is 7.13. The highest BCUT2D eigenvalue weighted by Crippen LogP contribution is 2.31. The molecule has 1 amide bonds. The maximum absolute atomic E-state index is 12.7. The molecule has 25 heavy (non-hydrogen) atoms. The summed E-state index contributed by atoms with van der Waals surface area (Å²) in [5.74, 6) is 2.16. The number of hydrogen-bond donors (Lipinski definition) is 0. The summed E-state index contributed by atoms with van der Waals surface area (Å²) in [7, 11) is 0. The second-order valence-corrected chi connectivity index (χ2v) is 7.13. The summed E-state index contributed by atoms with van der Waals surface area (Å²) in [6.07, 6.45) is 11.1. The Morgan fingerprint density at radius 1 is 1.12 bits per heavy atom. The van der Waals surface area contributed by atoms with Gasteiger partial charge in [-0.25, -0.2) is 0 Å². The van der Waals surface area contributed by atoms with Crippen LogP contribution in [0, 0.1) is 5.92 Å². The third kappa shape index (κ3) is 3.57. The molecule has 132 valence electrons. The van der Waals surface area contributed by atoms with E-state index in [1.165, 1.54) is 19.3 Å². The topological polar surface area (TPSA) is 72.1 Å². The summed E-state index contributed by atoms with van der Waals surface area (Å²) >= 11 is 0. The van der Waals surface area contributed by atoms with E-state index < -0.39 is 0 Å². The quantitative estimate of drug-likeness (QED) is 0.856. The lowest BCUT2D eigenvalue weighted by Crippen LogP contribution is -2.42. The predicted molar refractivity (Wildman–Crippen MR) is 92.7 cm³/mol. The molecule has 2 aromatic rings. The zero-order valence-corrected chi connectivity index (χ0v) is 14.4. The lowest BCUT2D eigenvalue weighted by atomic mass is 9.87. The number of likely N-dealkylation sites (tertiary alicyclic amines) is 1. The Labute approximate surface area is 147 Å². The van der Waals surface area contributed by atoms with Crippen LogP contribution in [-0.4, -0.2) is 39.0 Å². The van der Waals surface area contributed by atoms with Crippen LogP contribution in [0.1, 0.15) is 56.7 Å². The molecule has 3 heterocycles. The normalized spacial score (nSPS) is 19.9. The van der Waals surface area contributed by atoms with E-state index in [2.05, 4.69) is 20.0 Å². The molecule has 0 aromatic carbocycles. The van der Waals surface area contributed by atoms with E-state index >= 15 is 0 Å². The summed E-state index contributed by atoms with van der Waals surface area (Å²) < 4.78 is 5.39. The molecule has 0 spiro atoms. The number of pyridine rings is 1. The fourth-order valence-electron chi connectivity index (χ4n) is 3.97. The molecule has 1 aliphatic heterocycles. The Bertz CT molecular complexity index is 701. The number of aromatic nitrogens is 3. The Morgan fingerprint density at radius 2 is 1.92 bits per heavy atom. The minimum atomic E-state index is 0.257. The minimum absolute atomic E-state index is 0.257. The van der Waals surface area contributed by atoms with Crippen molar-refractivity contribution in [3.05, 3.63) is 30.4 Å². The Hall–Kier alpha value is -2.24. The molecule has 0 atom stereocenters. The average molecular weight is 340 g/mol. The van der Waals surface area contributed by atoms with Crippen LogP contribution in [-0.2, 0) is 4.79 Å². The van der Waals surface area contributed by atoms with Crippen LogP contribution in [0.25, 0.3) is 11.5 Å². The number of amides is 1. The second kappa shape index (κ2) is 7.33. The largest absolute Gasteiger partial charge is 0.342 e. The lowest BCUT2D eigenvalue weighted by molar-refractivity contribution is -0.137. The van der Waals surface area contributed by atoms with Gasteiger partial charge in [-0.05, 0) is 37.8 Å². The highest BCUT2D eigenvalue weighted by Gasteiger charge is 2.31. The van der Waals surface area contributed by atoms with Crippen molar-refractivity contribution in [3.8, 4) is 11.5 Å². The molecule has 0 unspecified atom stereocenters. The fraction of sp³-hybridized carbons (Fsp3) is 0.579. The van der Waals surface area contributed by atoms with Gasteiger partial charge in [-0.1, -0.05) is 24.4 Å². The van der Waals surface area contributed by atoms with Crippen molar-refractivity contribution >= 4 is 5.91 Å². The average Bonchev–Trinajstić information content (AvgIpc) is 3.19. The van der Waals surface area contributed by atoms with E-state index in [-0.39, 0.29) is 11.8 Å². The van der Waals surface area contributed by atoms with Crippen LogP contribution < -0.4 is 0 Å². The van der Waals surface area contributed by atoms with Crippen LogP contribution in [0.3, 0.4) is 0 Å². The molecule has 2 aliphatic rings. The lowest BCUT2D eigenvalue weighted by Gasteiger charge is -2.34. The molecule has 6 nitrogen and oxygen atoms in total. The van der Waals surface area contributed by atoms with Crippen molar-refractivity contribution in [2.45, 2.75) is 50.9 Å². The highest BCUT2D eigenvalue weighted by molar-refractivity contribution is 5.79. The van der Waals surface area contributed by atoms with Gasteiger partial charge in [0, 0.05) is 37.3 Å². The maximum Gasteiger partial charge on any atom is 0.259 e. The van der Waals surface area contributed by atoms with E-state index in [1.54, 1.807) is 12.4 Å². The van der Waals surface area contributed by atoms with E-state index in [1.807, 2.05) is 12.1 Å². The SMILES string of the molecule is O=C(C1CCCCC1)N1CCC(c2noc(-c3cccnc3)n2)CC1. The van der Waals surface area contributed by atoms with Crippen molar-refractivity contribution < 1.29 is 9.32 Å². The molecule has 6 heteroatoms. The van der Waals surface area contributed by atoms with Crippen molar-refractivity contribution in [2.24, 2.45) is 5.92 Å². The molecule has 0 radical (unpaired) electrons. The molecule has 1 saturated heterocycles. The van der Waals surface area contributed by atoms with Gasteiger partial charge in [-0.15, -0.1) is 0 Å². The molecular formula is C19H24N4O2. The van der Waals surface area contributed by atoms with E-state index in [0.717, 1.165) is 50.2 Å². The van der Waals surface area contributed by atoms with E-state index in [0.29, 0.717) is 11.8 Å². The van der Waals surface area contributed by atoms with E-state index in [4.69, 9.17) is 4.52 Å². The molecule has 0 N–H and O–H groups in total. The number of piperidine rings is 1. The predicted octanol–water partition coefficient (Wildman–Crippen LogP) is 3.42. The Morgan fingerprint density at radius 3 is 2.64 bits per heavy atom. The zero-order chi connectivity index (χ0) is 17.1. The molecular weight excluding hydrogens is 316 g/mol. The van der Waals surface area contributed by atoms with Gasteiger partial charge in [0.15, 0.2) is 5.82 Å². The van der Waals surface area contributed by atoms with Gasteiger partial charge in [0.05, 0.1) is 5.56 Å². The fourth-order valence-corrected chi connectivity index (χ4v) is 3.97. The highest BCUT2D eigenvalue weighted by atomic mass is 16.5. The standard InChI is InChI=1S/C19H24N4O2/c24-19(15-5-2-1-3-6-15)23-11-8-14(9-12-23)17-21-18(25-22-17)16-7-4-10-20-13-16/h4,7,10,13-15H,1-3,5-6,8-9,11-12H2. The van der Waals surface area contributed by atoms with Crippen LogP contribution in [0.4, 0.5) is 0 Å².